The Morgan fingerprint density at radius 2 is 1.78 bits per heavy atom. The Morgan fingerprint density at radius 3 is 2.39 bits per heavy atom. The lowest BCUT2D eigenvalue weighted by molar-refractivity contribution is -0.131. The van der Waals surface area contributed by atoms with Crippen LogP contribution < -0.4 is 0 Å². The van der Waals surface area contributed by atoms with Crippen LogP contribution in [0.25, 0.3) is 0 Å². The number of methoxy groups -OCH3 is 1. The number of carbonyl (C=O) groups is 1. The summed E-state index contributed by atoms with van der Waals surface area (Å²) in [6, 6.07) is 2.00. The van der Waals surface area contributed by atoms with Gasteiger partial charge in [0.25, 0.3) is 0 Å². The molecule has 0 aromatic rings. The first-order valence-electron chi connectivity index (χ1n) is 5.97. The van der Waals surface area contributed by atoms with E-state index in [9.17, 15) is 4.79 Å². The molecule has 0 aliphatic heterocycles. The Labute approximate surface area is 108 Å². The Kier molecular flexibility index (Phi) is 11.5. The van der Waals surface area contributed by atoms with E-state index in [2.05, 4.69) is 0 Å². The fourth-order valence-corrected chi connectivity index (χ4v) is 1.16. The summed E-state index contributed by atoms with van der Waals surface area (Å²) in [4.78, 5) is 13.1. The van der Waals surface area contributed by atoms with Crippen molar-refractivity contribution in [2.45, 2.75) is 12.8 Å². The van der Waals surface area contributed by atoms with E-state index in [-0.39, 0.29) is 5.91 Å². The van der Waals surface area contributed by atoms with Gasteiger partial charge in [0, 0.05) is 20.7 Å². The molecule has 0 spiro atoms. The molecule has 0 aromatic heterocycles. The highest BCUT2D eigenvalue weighted by Crippen LogP contribution is 1.93. The van der Waals surface area contributed by atoms with Gasteiger partial charge in [-0.3, -0.25) is 4.79 Å². The zero-order valence-electron chi connectivity index (χ0n) is 11.2. The van der Waals surface area contributed by atoms with Crippen LogP contribution in [-0.2, 0) is 19.0 Å². The molecule has 0 N–H and O–H groups in total. The standard InChI is InChI=1S/C12H22N2O4/c1-14(6-3-5-13)12(15)4-7-17-10-11-18-9-8-16-2/h3-4,6-11H2,1-2H3. The monoisotopic (exact) mass is 258 g/mol. The van der Waals surface area contributed by atoms with Gasteiger partial charge in [-0.2, -0.15) is 5.26 Å². The number of hydrogen-bond acceptors (Lipinski definition) is 5. The maximum atomic E-state index is 11.5. The quantitative estimate of drug-likeness (QED) is 0.502. The lowest BCUT2D eigenvalue weighted by Gasteiger charge is -2.15. The summed E-state index contributed by atoms with van der Waals surface area (Å²) in [5.74, 6) is -0.00875. The fraction of sp³-hybridized carbons (Fsp3) is 0.833. The van der Waals surface area contributed by atoms with Gasteiger partial charge in [0.2, 0.25) is 5.91 Å². The molecule has 0 unspecified atom stereocenters. The van der Waals surface area contributed by atoms with Crippen molar-refractivity contribution in [1.29, 1.82) is 5.26 Å². The minimum absolute atomic E-state index is 0.00875. The van der Waals surface area contributed by atoms with Gasteiger partial charge in [-0.15, -0.1) is 0 Å². The van der Waals surface area contributed by atoms with Gasteiger partial charge >= 0.3 is 0 Å². The molecule has 0 aliphatic rings. The highest BCUT2D eigenvalue weighted by atomic mass is 16.5. The first-order chi connectivity index (χ1) is 8.72. The number of hydrogen-bond donors (Lipinski definition) is 0. The van der Waals surface area contributed by atoms with Crippen LogP contribution in [0.3, 0.4) is 0 Å². The summed E-state index contributed by atoms with van der Waals surface area (Å²) in [5, 5.41) is 8.40. The molecule has 1 amide bonds. The minimum Gasteiger partial charge on any atom is -0.382 e. The van der Waals surface area contributed by atoms with Crippen molar-refractivity contribution >= 4 is 5.91 Å². The second-order valence-electron chi connectivity index (χ2n) is 3.69. The second kappa shape index (κ2) is 12.3. The van der Waals surface area contributed by atoms with Crippen molar-refractivity contribution in [1.82, 2.24) is 4.90 Å². The van der Waals surface area contributed by atoms with Crippen LogP contribution in [-0.4, -0.2) is 64.5 Å². The van der Waals surface area contributed by atoms with E-state index in [1.807, 2.05) is 6.07 Å². The number of rotatable bonds is 11. The van der Waals surface area contributed by atoms with Crippen LogP contribution in [0.4, 0.5) is 0 Å². The van der Waals surface area contributed by atoms with Gasteiger partial charge in [0.05, 0.1) is 51.9 Å². The van der Waals surface area contributed by atoms with E-state index in [0.29, 0.717) is 52.4 Å². The Balaban J connectivity index is 3.32. The average Bonchev–Trinajstić information content (AvgIpc) is 2.38. The molecule has 0 atom stereocenters. The second-order valence-corrected chi connectivity index (χ2v) is 3.69. The summed E-state index contributed by atoms with van der Waals surface area (Å²) in [5.41, 5.74) is 0. The first kappa shape index (κ1) is 16.8. The van der Waals surface area contributed by atoms with Crippen molar-refractivity contribution in [3.05, 3.63) is 0 Å². The molecule has 0 aromatic carbocycles. The van der Waals surface area contributed by atoms with Crippen molar-refractivity contribution in [2.24, 2.45) is 0 Å². The number of nitrogens with zero attached hydrogens (tertiary/aromatic N) is 2. The van der Waals surface area contributed by atoms with Crippen LogP contribution in [0.2, 0.25) is 0 Å². The molecule has 6 heteroatoms. The van der Waals surface area contributed by atoms with E-state index in [0.717, 1.165) is 0 Å². The van der Waals surface area contributed by atoms with Gasteiger partial charge < -0.3 is 19.1 Å². The van der Waals surface area contributed by atoms with Crippen LogP contribution in [0.5, 0.6) is 0 Å². The van der Waals surface area contributed by atoms with E-state index >= 15 is 0 Å². The number of amides is 1. The van der Waals surface area contributed by atoms with Crippen molar-refractivity contribution in [2.75, 3.05) is 53.7 Å². The maximum absolute atomic E-state index is 11.5. The molecule has 0 radical (unpaired) electrons. The topological polar surface area (TPSA) is 71.8 Å². The third-order valence-corrected chi connectivity index (χ3v) is 2.25. The molecule has 0 saturated heterocycles. The van der Waals surface area contributed by atoms with E-state index in [1.54, 1.807) is 19.1 Å². The lowest BCUT2D eigenvalue weighted by Crippen LogP contribution is -2.28. The van der Waals surface area contributed by atoms with E-state index in [4.69, 9.17) is 19.5 Å². The molecule has 0 aliphatic carbocycles. The van der Waals surface area contributed by atoms with Crippen LogP contribution in [0, 0.1) is 11.3 Å². The third kappa shape index (κ3) is 10.0. The maximum Gasteiger partial charge on any atom is 0.224 e. The lowest BCUT2D eigenvalue weighted by atomic mass is 10.3. The SMILES string of the molecule is COCCOCCOCCC(=O)N(C)CCC#N. The molecule has 0 heterocycles. The largest absolute Gasteiger partial charge is 0.382 e. The van der Waals surface area contributed by atoms with Crippen LogP contribution in [0.1, 0.15) is 12.8 Å². The highest BCUT2D eigenvalue weighted by molar-refractivity contribution is 5.75. The normalized spacial score (nSPS) is 10.1. The molecule has 18 heavy (non-hydrogen) atoms. The molecule has 6 nitrogen and oxygen atoms in total. The van der Waals surface area contributed by atoms with Crippen LogP contribution >= 0.6 is 0 Å². The molecule has 0 fully saturated rings. The average molecular weight is 258 g/mol. The van der Waals surface area contributed by atoms with Gasteiger partial charge in [-0.05, 0) is 0 Å². The molecular formula is C12H22N2O4. The number of carbonyl (C=O) groups excluding carboxylic acids is 1. The summed E-state index contributed by atoms with van der Waals surface area (Å²) in [7, 11) is 3.31. The highest BCUT2D eigenvalue weighted by Gasteiger charge is 2.07. The fourth-order valence-electron chi connectivity index (χ4n) is 1.16. The van der Waals surface area contributed by atoms with Crippen LogP contribution in [0.15, 0.2) is 0 Å². The zero-order chi connectivity index (χ0) is 13.6. The Hall–Kier alpha value is -1.16. The zero-order valence-corrected chi connectivity index (χ0v) is 11.2. The van der Waals surface area contributed by atoms with E-state index in [1.165, 1.54) is 0 Å². The smallest absolute Gasteiger partial charge is 0.224 e. The summed E-state index contributed by atoms with van der Waals surface area (Å²) in [6.07, 6.45) is 0.691. The number of nitriles is 1. The predicted octanol–water partition coefficient (Wildman–Crippen LogP) is 0.428. The Bertz CT molecular complexity index is 253. The summed E-state index contributed by atoms with van der Waals surface area (Å²) < 4.78 is 15.3. The van der Waals surface area contributed by atoms with Gasteiger partial charge in [-0.25, -0.2) is 0 Å². The minimum atomic E-state index is -0.00875. The molecular weight excluding hydrogens is 236 g/mol. The molecule has 0 bridgehead atoms. The first-order valence-corrected chi connectivity index (χ1v) is 5.97. The van der Waals surface area contributed by atoms with Gasteiger partial charge in [-0.1, -0.05) is 0 Å². The molecule has 0 rings (SSSR count). The van der Waals surface area contributed by atoms with E-state index < -0.39 is 0 Å². The Morgan fingerprint density at radius 1 is 1.17 bits per heavy atom. The summed E-state index contributed by atoms with van der Waals surface area (Å²) >= 11 is 0. The van der Waals surface area contributed by atoms with Crippen molar-refractivity contribution in [3.8, 4) is 6.07 Å². The van der Waals surface area contributed by atoms with Crippen molar-refractivity contribution < 1.29 is 19.0 Å². The van der Waals surface area contributed by atoms with Gasteiger partial charge in [0.1, 0.15) is 0 Å². The summed E-state index contributed by atoms with van der Waals surface area (Å²) in [6.45, 7) is 2.94. The van der Waals surface area contributed by atoms with Crippen molar-refractivity contribution in [3.63, 3.8) is 0 Å². The third-order valence-electron chi connectivity index (χ3n) is 2.25. The predicted molar refractivity (Wildman–Crippen MR) is 66.0 cm³/mol. The molecule has 104 valence electrons. The number of ether oxygens (including phenoxy) is 3. The molecule has 0 saturated carbocycles. The van der Waals surface area contributed by atoms with Gasteiger partial charge in [0.15, 0.2) is 0 Å².